The fourth-order valence-electron chi connectivity index (χ4n) is 3.55. The maximum atomic E-state index is 13.5. The lowest BCUT2D eigenvalue weighted by molar-refractivity contribution is 0.0936. The van der Waals surface area contributed by atoms with Gasteiger partial charge in [-0.25, -0.2) is 14.4 Å². The van der Waals surface area contributed by atoms with Gasteiger partial charge in [-0.3, -0.25) is 4.79 Å². The van der Waals surface area contributed by atoms with E-state index in [9.17, 15) is 14.3 Å². The number of halogens is 2. The molecule has 0 spiro atoms. The number of rotatable bonds is 9. The SMILES string of the molecule is COCCNC(=O)c1cn(-c2ccc3ncnc(Nc4ccc(F)c(Cl)c4)c3c2)cc1CCO. The molecule has 10 heteroatoms. The highest BCUT2D eigenvalue weighted by molar-refractivity contribution is 6.31. The van der Waals surface area contributed by atoms with E-state index in [1.165, 1.54) is 18.5 Å². The van der Waals surface area contributed by atoms with Crippen LogP contribution in [0.4, 0.5) is 15.9 Å². The number of carbonyl (C=O) groups excluding carboxylic acids is 1. The van der Waals surface area contributed by atoms with E-state index >= 15 is 0 Å². The third kappa shape index (κ3) is 5.17. The van der Waals surface area contributed by atoms with Crippen LogP contribution in [0.1, 0.15) is 15.9 Å². The quantitative estimate of drug-likeness (QED) is 0.312. The van der Waals surface area contributed by atoms with Gasteiger partial charge in [-0.05, 0) is 48.4 Å². The number of methoxy groups -OCH3 is 1. The Morgan fingerprint density at radius 3 is 2.82 bits per heavy atom. The smallest absolute Gasteiger partial charge is 0.253 e. The van der Waals surface area contributed by atoms with Crippen molar-refractivity contribution < 1.29 is 19.0 Å². The van der Waals surface area contributed by atoms with Crippen molar-refractivity contribution in [2.75, 3.05) is 32.2 Å². The van der Waals surface area contributed by atoms with Gasteiger partial charge in [0.25, 0.3) is 5.91 Å². The molecule has 2 heterocycles. The summed E-state index contributed by atoms with van der Waals surface area (Å²) in [4.78, 5) is 21.3. The highest BCUT2D eigenvalue weighted by Crippen LogP contribution is 2.28. The number of aromatic nitrogens is 3. The summed E-state index contributed by atoms with van der Waals surface area (Å²) in [6.07, 6.45) is 5.33. The van der Waals surface area contributed by atoms with Crippen molar-refractivity contribution in [2.24, 2.45) is 0 Å². The second kappa shape index (κ2) is 10.6. The van der Waals surface area contributed by atoms with Gasteiger partial charge in [0.1, 0.15) is 18.0 Å². The maximum Gasteiger partial charge on any atom is 0.253 e. The van der Waals surface area contributed by atoms with Crippen LogP contribution in [0.15, 0.2) is 55.1 Å². The van der Waals surface area contributed by atoms with Crippen molar-refractivity contribution in [2.45, 2.75) is 6.42 Å². The van der Waals surface area contributed by atoms with Crippen LogP contribution in [0.3, 0.4) is 0 Å². The van der Waals surface area contributed by atoms with E-state index in [1.54, 1.807) is 19.4 Å². The second-order valence-corrected chi connectivity index (χ2v) is 7.91. The molecule has 0 unspecified atom stereocenters. The number of fused-ring (bicyclic) bond motifs is 1. The van der Waals surface area contributed by atoms with E-state index < -0.39 is 5.82 Å². The molecule has 2 aromatic carbocycles. The molecule has 1 amide bonds. The zero-order chi connectivity index (χ0) is 24.1. The summed E-state index contributed by atoms with van der Waals surface area (Å²) in [7, 11) is 1.57. The molecule has 0 fully saturated rings. The number of aliphatic hydroxyl groups excluding tert-OH is 1. The molecular weight excluding hydrogens is 461 g/mol. The Morgan fingerprint density at radius 2 is 2.06 bits per heavy atom. The van der Waals surface area contributed by atoms with E-state index in [2.05, 4.69) is 20.6 Å². The Hall–Kier alpha value is -3.53. The first kappa shape index (κ1) is 23.6. The lowest BCUT2D eigenvalue weighted by Gasteiger charge is -2.11. The first-order valence-corrected chi connectivity index (χ1v) is 10.9. The normalized spacial score (nSPS) is 11.1. The lowest BCUT2D eigenvalue weighted by Crippen LogP contribution is -2.27. The summed E-state index contributed by atoms with van der Waals surface area (Å²) < 4.78 is 20.3. The molecule has 2 aromatic heterocycles. The number of anilines is 2. The molecule has 0 radical (unpaired) electrons. The number of hydrogen-bond donors (Lipinski definition) is 3. The zero-order valence-corrected chi connectivity index (χ0v) is 19.1. The zero-order valence-electron chi connectivity index (χ0n) is 18.4. The maximum absolute atomic E-state index is 13.5. The Kier molecular flexibility index (Phi) is 7.36. The molecule has 0 bridgehead atoms. The van der Waals surface area contributed by atoms with Gasteiger partial charge in [-0.2, -0.15) is 0 Å². The van der Waals surface area contributed by atoms with Crippen molar-refractivity contribution in [1.82, 2.24) is 19.9 Å². The van der Waals surface area contributed by atoms with Crippen LogP contribution in [0.2, 0.25) is 5.02 Å². The van der Waals surface area contributed by atoms with Gasteiger partial charge in [0, 0.05) is 49.4 Å². The van der Waals surface area contributed by atoms with Crippen LogP contribution in [0, 0.1) is 5.82 Å². The number of benzene rings is 2. The Bertz CT molecular complexity index is 1330. The number of hydrogen-bond acceptors (Lipinski definition) is 6. The highest BCUT2D eigenvalue weighted by Gasteiger charge is 2.16. The van der Waals surface area contributed by atoms with Crippen LogP contribution >= 0.6 is 11.6 Å². The molecule has 176 valence electrons. The number of nitrogens with zero attached hydrogens (tertiary/aromatic N) is 3. The highest BCUT2D eigenvalue weighted by atomic mass is 35.5. The van der Waals surface area contributed by atoms with Crippen molar-refractivity contribution in [1.29, 1.82) is 0 Å². The molecule has 0 saturated carbocycles. The standard InChI is InChI=1S/C24H23ClFN5O3/c1-34-9-7-27-24(33)19-13-31(12-15(19)6-8-32)17-3-5-22-18(11-17)23(29-14-28-22)30-16-2-4-21(26)20(25)10-16/h2-5,10-14,32H,6-9H2,1H3,(H,27,33)(H,28,29,30). The van der Waals surface area contributed by atoms with Crippen molar-refractivity contribution >= 4 is 39.9 Å². The Labute approximate surface area is 200 Å². The average molecular weight is 484 g/mol. The molecule has 0 aliphatic carbocycles. The summed E-state index contributed by atoms with van der Waals surface area (Å²) in [5, 5.41) is 16.2. The summed E-state index contributed by atoms with van der Waals surface area (Å²) in [5.74, 6) is -0.218. The third-order valence-electron chi connectivity index (χ3n) is 5.23. The number of nitrogens with one attached hydrogen (secondary N) is 2. The molecule has 34 heavy (non-hydrogen) atoms. The van der Waals surface area contributed by atoms with Crippen molar-refractivity contribution in [3.8, 4) is 5.69 Å². The molecular formula is C24H23ClFN5O3. The van der Waals surface area contributed by atoms with Gasteiger partial charge in [0.2, 0.25) is 0 Å². The summed E-state index contributed by atoms with van der Waals surface area (Å²) in [6.45, 7) is 0.707. The third-order valence-corrected chi connectivity index (χ3v) is 5.52. The largest absolute Gasteiger partial charge is 0.396 e. The molecule has 0 saturated heterocycles. The summed E-state index contributed by atoms with van der Waals surface area (Å²) in [6, 6.07) is 9.94. The van der Waals surface area contributed by atoms with E-state index in [4.69, 9.17) is 16.3 Å². The van der Waals surface area contributed by atoms with Crippen LogP contribution in [0.25, 0.3) is 16.6 Å². The monoisotopic (exact) mass is 483 g/mol. The molecule has 4 rings (SSSR count). The van der Waals surface area contributed by atoms with Crippen LogP contribution < -0.4 is 10.6 Å². The van der Waals surface area contributed by atoms with Gasteiger partial charge < -0.3 is 25.0 Å². The fourth-order valence-corrected chi connectivity index (χ4v) is 3.73. The van der Waals surface area contributed by atoms with Gasteiger partial charge in [0.05, 0.1) is 22.7 Å². The first-order valence-electron chi connectivity index (χ1n) is 10.6. The second-order valence-electron chi connectivity index (χ2n) is 7.50. The van der Waals surface area contributed by atoms with Gasteiger partial charge in [-0.1, -0.05) is 11.6 Å². The minimum absolute atomic E-state index is 0.00381. The Morgan fingerprint density at radius 1 is 1.21 bits per heavy atom. The van der Waals surface area contributed by atoms with Crippen LogP contribution in [-0.4, -0.2) is 52.4 Å². The van der Waals surface area contributed by atoms with Crippen molar-refractivity contribution in [3.05, 3.63) is 77.1 Å². The topological polar surface area (TPSA) is 101 Å². The fraction of sp³-hybridized carbons (Fsp3) is 0.208. The number of amides is 1. The van der Waals surface area contributed by atoms with Gasteiger partial charge >= 0.3 is 0 Å². The molecule has 0 atom stereocenters. The first-order chi connectivity index (χ1) is 16.5. The molecule has 0 aliphatic rings. The number of carbonyl (C=O) groups is 1. The minimum atomic E-state index is -0.504. The predicted octanol–water partition coefficient (Wildman–Crippen LogP) is 3.87. The average Bonchev–Trinajstić information content (AvgIpc) is 3.26. The van der Waals surface area contributed by atoms with E-state index in [0.717, 1.165) is 16.6 Å². The molecule has 4 aromatic rings. The Balaban J connectivity index is 1.69. The summed E-state index contributed by atoms with van der Waals surface area (Å²) in [5.41, 5.74) is 3.26. The molecule has 0 aliphatic heterocycles. The van der Waals surface area contributed by atoms with Gasteiger partial charge in [-0.15, -0.1) is 0 Å². The van der Waals surface area contributed by atoms with E-state index in [0.29, 0.717) is 42.2 Å². The number of aliphatic hydroxyl groups is 1. The van der Waals surface area contributed by atoms with E-state index in [-0.39, 0.29) is 17.5 Å². The minimum Gasteiger partial charge on any atom is -0.396 e. The summed E-state index contributed by atoms with van der Waals surface area (Å²) >= 11 is 5.90. The van der Waals surface area contributed by atoms with Crippen LogP contribution in [0.5, 0.6) is 0 Å². The molecule has 8 nitrogen and oxygen atoms in total. The molecule has 3 N–H and O–H groups in total. The van der Waals surface area contributed by atoms with E-state index in [1.807, 2.05) is 29.0 Å². The van der Waals surface area contributed by atoms with Crippen LogP contribution in [-0.2, 0) is 11.2 Å². The predicted molar refractivity (Wildman–Crippen MR) is 129 cm³/mol. The number of ether oxygens (including phenoxy) is 1. The lowest BCUT2D eigenvalue weighted by atomic mass is 10.1. The van der Waals surface area contributed by atoms with Gasteiger partial charge in [0.15, 0.2) is 0 Å². The van der Waals surface area contributed by atoms with Crippen molar-refractivity contribution in [3.63, 3.8) is 0 Å².